The van der Waals surface area contributed by atoms with Crippen LogP contribution < -0.4 is 0 Å². The lowest BCUT2D eigenvalue weighted by atomic mass is 9.98. The number of hydrogen-bond donors (Lipinski definition) is 0. The third-order valence-electron chi connectivity index (χ3n) is 2.75. The van der Waals surface area contributed by atoms with Gasteiger partial charge in [0.05, 0.1) is 5.69 Å². The molecular weight excluding hydrogens is 206 g/mol. The minimum Gasteiger partial charge on any atom is -0.256 e. The summed E-state index contributed by atoms with van der Waals surface area (Å²) in [5.41, 5.74) is 3.64. The summed E-state index contributed by atoms with van der Waals surface area (Å²) in [5.74, 6) is 0.451. The number of fused-ring (bicyclic) bond motifs is 1. The molecule has 1 aromatic heterocycles. The lowest BCUT2D eigenvalue weighted by Crippen LogP contribution is -1.92. The largest absolute Gasteiger partial charge is 0.256 e. The van der Waals surface area contributed by atoms with E-state index in [1.807, 2.05) is 38.2 Å². The first-order valence-corrected chi connectivity index (χ1v) is 6.13. The molecule has 0 amide bonds. The molecule has 86 valence electrons. The van der Waals surface area contributed by atoms with Crippen molar-refractivity contribution in [3.05, 3.63) is 72.1 Å². The van der Waals surface area contributed by atoms with E-state index < -0.39 is 0 Å². The molecule has 0 saturated heterocycles. The van der Waals surface area contributed by atoms with E-state index in [1.54, 1.807) is 0 Å². The highest BCUT2D eigenvalue weighted by molar-refractivity contribution is 5.78. The van der Waals surface area contributed by atoms with Crippen molar-refractivity contribution in [1.82, 2.24) is 4.98 Å². The molecule has 1 aromatic rings. The average molecular weight is 223 g/mol. The average Bonchev–Trinajstić information content (AvgIpc) is 2.86. The SMILES string of the molecule is C1=CC2=CC(c3ccccn3)=CC2C=C1.CC. The Morgan fingerprint density at radius 1 is 1.12 bits per heavy atom. The van der Waals surface area contributed by atoms with Crippen molar-refractivity contribution >= 4 is 5.57 Å². The van der Waals surface area contributed by atoms with Gasteiger partial charge in [-0.1, -0.05) is 50.3 Å². The predicted molar refractivity (Wildman–Crippen MR) is 73.4 cm³/mol. The standard InChI is InChI=1S/C14H11N.C2H6/c1-2-6-12-10-13(9-11(12)5-1)14-7-3-4-8-15-14;1-2/h1-11H;1-2H3. The minimum atomic E-state index is 0.451. The van der Waals surface area contributed by atoms with Crippen LogP contribution in [0, 0.1) is 5.92 Å². The lowest BCUT2D eigenvalue weighted by molar-refractivity contribution is 1.02. The highest BCUT2D eigenvalue weighted by atomic mass is 14.7. The van der Waals surface area contributed by atoms with Gasteiger partial charge in [0.1, 0.15) is 0 Å². The zero-order valence-corrected chi connectivity index (χ0v) is 10.3. The van der Waals surface area contributed by atoms with E-state index in [-0.39, 0.29) is 0 Å². The highest BCUT2D eigenvalue weighted by Gasteiger charge is 2.17. The van der Waals surface area contributed by atoms with Crippen LogP contribution >= 0.6 is 0 Å². The summed E-state index contributed by atoms with van der Waals surface area (Å²) in [7, 11) is 0. The summed E-state index contributed by atoms with van der Waals surface area (Å²) >= 11 is 0. The van der Waals surface area contributed by atoms with Crippen molar-refractivity contribution < 1.29 is 0 Å². The first kappa shape index (κ1) is 11.6. The van der Waals surface area contributed by atoms with Gasteiger partial charge >= 0.3 is 0 Å². The molecule has 1 heterocycles. The second-order valence-corrected chi connectivity index (χ2v) is 3.75. The summed E-state index contributed by atoms with van der Waals surface area (Å²) < 4.78 is 0. The van der Waals surface area contributed by atoms with Crippen molar-refractivity contribution in [3.8, 4) is 0 Å². The number of aromatic nitrogens is 1. The molecule has 1 nitrogen and oxygen atoms in total. The Kier molecular flexibility index (Phi) is 3.71. The monoisotopic (exact) mass is 223 g/mol. The van der Waals surface area contributed by atoms with Gasteiger partial charge in [0.15, 0.2) is 0 Å². The van der Waals surface area contributed by atoms with Crippen LogP contribution in [-0.4, -0.2) is 4.98 Å². The Labute approximate surface area is 103 Å². The summed E-state index contributed by atoms with van der Waals surface area (Å²) in [6.45, 7) is 4.00. The van der Waals surface area contributed by atoms with Crippen LogP contribution in [0.4, 0.5) is 0 Å². The minimum absolute atomic E-state index is 0.451. The van der Waals surface area contributed by atoms with E-state index >= 15 is 0 Å². The molecule has 17 heavy (non-hydrogen) atoms. The molecule has 0 spiro atoms. The molecule has 0 aliphatic heterocycles. The third kappa shape index (κ3) is 2.44. The van der Waals surface area contributed by atoms with Gasteiger partial charge in [-0.3, -0.25) is 4.98 Å². The molecule has 0 aromatic carbocycles. The maximum Gasteiger partial charge on any atom is 0.0699 e. The summed E-state index contributed by atoms with van der Waals surface area (Å²) in [5, 5.41) is 0. The molecular formula is C16H17N. The van der Waals surface area contributed by atoms with Gasteiger partial charge in [-0.05, 0) is 29.4 Å². The van der Waals surface area contributed by atoms with E-state index in [4.69, 9.17) is 0 Å². The summed E-state index contributed by atoms with van der Waals surface area (Å²) in [4.78, 5) is 4.36. The van der Waals surface area contributed by atoms with Crippen LogP contribution in [0.2, 0.25) is 0 Å². The second-order valence-electron chi connectivity index (χ2n) is 3.75. The number of pyridine rings is 1. The topological polar surface area (TPSA) is 12.9 Å². The van der Waals surface area contributed by atoms with Crippen molar-refractivity contribution in [2.24, 2.45) is 5.92 Å². The third-order valence-corrected chi connectivity index (χ3v) is 2.75. The number of nitrogens with zero attached hydrogens (tertiary/aromatic N) is 1. The van der Waals surface area contributed by atoms with Crippen LogP contribution in [0.5, 0.6) is 0 Å². The fourth-order valence-electron chi connectivity index (χ4n) is 1.98. The number of rotatable bonds is 1. The zero-order valence-electron chi connectivity index (χ0n) is 10.3. The summed E-state index contributed by atoms with van der Waals surface area (Å²) in [6, 6.07) is 6.02. The molecule has 0 radical (unpaired) electrons. The van der Waals surface area contributed by atoms with E-state index in [0.717, 1.165) is 5.69 Å². The Bertz CT molecular complexity index is 490. The van der Waals surface area contributed by atoms with Crippen molar-refractivity contribution in [2.75, 3.05) is 0 Å². The van der Waals surface area contributed by atoms with Crippen molar-refractivity contribution in [2.45, 2.75) is 13.8 Å². The van der Waals surface area contributed by atoms with Gasteiger partial charge in [-0.25, -0.2) is 0 Å². The molecule has 1 atom stereocenters. The highest BCUT2D eigenvalue weighted by Crippen LogP contribution is 2.32. The van der Waals surface area contributed by atoms with Gasteiger partial charge in [0, 0.05) is 12.1 Å². The molecule has 0 bridgehead atoms. The first-order chi connectivity index (χ1) is 8.43. The van der Waals surface area contributed by atoms with Crippen molar-refractivity contribution in [3.63, 3.8) is 0 Å². The molecule has 1 unspecified atom stereocenters. The number of allylic oxidation sites excluding steroid dienone is 8. The Hall–Kier alpha value is -1.89. The molecule has 2 aliphatic carbocycles. The Morgan fingerprint density at radius 3 is 2.71 bits per heavy atom. The van der Waals surface area contributed by atoms with E-state index in [0.29, 0.717) is 5.92 Å². The zero-order chi connectivity index (χ0) is 12.1. The van der Waals surface area contributed by atoms with Crippen LogP contribution in [0.25, 0.3) is 5.57 Å². The molecule has 0 fully saturated rings. The fraction of sp³-hybridized carbons (Fsp3) is 0.188. The van der Waals surface area contributed by atoms with Crippen LogP contribution in [0.15, 0.2) is 66.4 Å². The van der Waals surface area contributed by atoms with Crippen molar-refractivity contribution in [1.29, 1.82) is 0 Å². The predicted octanol–water partition coefficient (Wildman–Crippen LogP) is 4.17. The molecule has 0 saturated carbocycles. The van der Waals surface area contributed by atoms with E-state index in [9.17, 15) is 0 Å². The van der Waals surface area contributed by atoms with Gasteiger partial charge < -0.3 is 0 Å². The van der Waals surface area contributed by atoms with E-state index in [2.05, 4.69) is 41.4 Å². The Morgan fingerprint density at radius 2 is 2.00 bits per heavy atom. The van der Waals surface area contributed by atoms with Gasteiger partial charge in [-0.2, -0.15) is 0 Å². The molecule has 3 rings (SSSR count). The normalized spacial score (nSPS) is 20.0. The van der Waals surface area contributed by atoms with Gasteiger partial charge in [-0.15, -0.1) is 0 Å². The Balaban J connectivity index is 0.000000514. The van der Waals surface area contributed by atoms with Gasteiger partial charge in [0.25, 0.3) is 0 Å². The maximum absolute atomic E-state index is 4.36. The number of hydrogen-bond acceptors (Lipinski definition) is 1. The van der Waals surface area contributed by atoms with Crippen LogP contribution in [0.1, 0.15) is 19.5 Å². The lowest BCUT2D eigenvalue weighted by Gasteiger charge is -2.06. The maximum atomic E-state index is 4.36. The van der Waals surface area contributed by atoms with E-state index in [1.165, 1.54) is 11.1 Å². The first-order valence-electron chi connectivity index (χ1n) is 6.13. The van der Waals surface area contributed by atoms with Gasteiger partial charge in [0.2, 0.25) is 0 Å². The molecule has 2 aliphatic rings. The smallest absolute Gasteiger partial charge is 0.0699 e. The van der Waals surface area contributed by atoms with Crippen LogP contribution in [-0.2, 0) is 0 Å². The molecule has 1 heteroatoms. The fourth-order valence-corrected chi connectivity index (χ4v) is 1.98. The summed E-state index contributed by atoms with van der Waals surface area (Å²) in [6.07, 6.45) is 14.9. The quantitative estimate of drug-likeness (QED) is 0.696. The van der Waals surface area contributed by atoms with Crippen LogP contribution in [0.3, 0.4) is 0 Å². The second kappa shape index (κ2) is 5.44. The molecule has 0 N–H and O–H groups in total.